The van der Waals surface area contributed by atoms with Gasteiger partial charge in [0.1, 0.15) is 17.3 Å². The Balaban J connectivity index is 2.05. The first-order valence-electron chi connectivity index (χ1n) is 10.2. The highest BCUT2D eigenvalue weighted by Gasteiger charge is 2.47. The van der Waals surface area contributed by atoms with Crippen molar-refractivity contribution in [1.29, 1.82) is 0 Å². The Morgan fingerprint density at radius 3 is 2.00 bits per heavy atom. The van der Waals surface area contributed by atoms with Gasteiger partial charge in [-0.25, -0.2) is 0 Å². The first kappa shape index (κ1) is 21.2. The maximum Gasteiger partial charge on any atom is 0.163 e. The number of carbonyl (C=O) groups excluding carboxylic acids is 3. The molecule has 0 heterocycles. The fourth-order valence-corrected chi connectivity index (χ4v) is 4.64. The molecule has 0 radical (unpaired) electrons. The van der Waals surface area contributed by atoms with E-state index in [4.69, 9.17) is 0 Å². The molecule has 1 N–H and O–H groups in total. The third-order valence-electron chi connectivity index (χ3n) is 5.88. The van der Waals surface area contributed by atoms with Gasteiger partial charge < -0.3 is 5.11 Å². The van der Waals surface area contributed by atoms with Crippen molar-refractivity contribution in [2.24, 2.45) is 22.7 Å². The monoisotopic (exact) mass is 394 g/mol. The molecule has 2 aliphatic carbocycles. The first-order chi connectivity index (χ1) is 13.5. The zero-order valence-corrected chi connectivity index (χ0v) is 17.7. The van der Waals surface area contributed by atoms with Gasteiger partial charge in [-0.3, -0.25) is 14.4 Å². The maximum atomic E-state index is 13.0. The molecule has 1 aromatic carbocycles. The fourth-order valence-electron chi connectivity index (χ4n) is 4.64. The number of hydrogen-bond acceptors (Lipinski definition) is 4. The second-order valence-electron chi connectivity index (χ2n) is 10.0. The van der Waals surface area contributed by atoms with Crippen LogP contribution in [0.4, 0.5) is 0 Å². The van der Waals surface area contributed by atoms with Gasteiger partial charge in [-0.05, 0) is 16.4 Å². The molecule has 0 amide bonds. The van der Waals surface area contributed by atoms with E-state index in [9.17, 15) is 19.5 Å². The molecule has 154 valence electrons. The second-order valence-corrected chi connectivity index (χ2v) is 10.0. The summed E-state index contributed by atoms with van der Waals surface area (Å²) in [4.78, 5) is 39.0. The van der Waals surface area contributed by atoms with E-state index in [2.05, 4.69) is 0 Å². The standard InChI is InChI=1S/C25H30O4/c1-24(2)12-18(26)22(19(27)13-24)17(11-10-16-8-6-5-7-9-16)23-20(28)14-25(3,4)15-21(23)29/h5-11,17,22,28H,12-15H2,1-4H3. The normalized spacial score (nSPS) is 23.7. The number of ketones is 3. The molecule has 4 nitrogen and oxygen atoms in total. The zero-order valence-electron chi connectivity index (χ0n) is 17.7. The van der Waals surface area contributed by atoms with Gasteiger partial charge in [0.15, 0.2) is 5.78 Å². The Bertz CT molecular complexity index is 867. The summed E-state index contributed by atoms with van der Waals surface area (Å²) in [5.74, 6) is -2.09. The molecule has 0 bridgehead atoms. The van der Waals surface area contributed by atoms with Crippen molar-refractivity contribution in [3.63, 3.8) is 0 Å². The van der Waals surface area contributed by atoms with Crippen LogP contribution in [0.1, 0.15) is 58.9 Å². The SMILES string of the molecule is CC1(C)CC(=O)C(C(C=Cc2ccccc2)C2=C(O)CC(C)(C)CC2=O)C(=O)C1. The van der Waals surface area contributed by atoms with Crippen molar-refractivity contribution in [1.82, 2.24) is 0 Å². The Kier molecular flexibility index (Phi) is 5.66. The van der Waals surface area contributed by atoms with Gasteiger partial charge in [-0.2, -0.15) is 0 Å². The van der Waals surface area contributed by atoms with E-state index in [-0.39, 0.29) is 39.5 Å². The number of carbonyl (C=O) groups is 3. The van der Waals surface area contributed by atoms with Crippen molar-refractivity contribution >= 4 is 23.4 Å². The molecule has 1 saturated carbocycles. The third kappa shape index (κ3) is 4.75. The number of rotatable bonds is 4. The van der Waals surface area contributed by atoms with Crippen molar-refractivity contribution < 1.29 is 19.5 Å². The molecular weight excluding hydrogens is 364 g/mol. The van der Waals surface area contributed by atoms with Gasteiger partial charge >= 0.3 is 0 Å². The van der Waals surface area contributed by atoms with E-state index in [1.165, 1.54) is 0 Å². The Hall–Kier alpha value is -2.49. The van der Waals surface area contributed by atoms with E-state index >= 15 is 0 Å². The summed E-state index contributed by atoms with van der Waals surface area (Å²) in [6.45, 7) is 7.70. The number of allylic oxidation sites excluding steroid dienone is 3. The molecule has 0 saturated heterocycles. The summed E-state index contributed by atoms with van der Waals surface area (Å²) in [5, 5.41) is 10.8. The Morgan fingerprint density at radius 2 is 1.45 bits per heavy atom. The van der Waals surface area contributed by atoms with Crippen molar-refractivity contribution in [2.75, 3.05) is 0 Å². The quantitative estimate of drug-likeness (QED) is 0.722. The lowest BCUT2D eigenvalue weighted by atomic mass is 9.64. The molecule has 1 atom stereocenters. The molecular formula is C25H30O4. The van der Waals surface area contributed by atoms with E-state index in [1.54, 1.807) is 6.08 Å². The van der Waals surface area contributed by atoms with E-state index in [0.717, 1.165) is 5.56 Å². The van der Waals surface area contributed by atoms with Crippen LogP contribution >= 0.6 is 0 Å². The summed E-state index contributed by atoms with van der Waals surface area (Å²) in [7, 11) is 0. The van der Waals surface area contributed by atoms with E-state index < -0.39 is 11.8 Å². The van der Waals surface area contributed by atoms with Gasteiger partial charge in [0.05, 0.1) is 5.92 Å². The third-order valence-corrected chi connectivity index (χ3v) is 5.88. The van der Waals surface area contributed by atoms with Crippen LogP contribution in [0.5, 0.6) is 0 Å². The van der Waals surface area contributed by atoms with Gasteiger partial charge in [0.25, 0.3) is 0 Å². The minimum absolute atomic E-state index is 0.0133. The summed E-state index contributed by atoms with van der Waals surface area (Å²) in [5.41, 5.74) is 0.453. The smallest absolute Gasteiger partial charge is 0.163 e. The van der Waals surface area contributed by atoms with Crippen LogP contribution in [-0.4, -0.2) is 22.5 Å². The Labute approximate surface area is 172 Å². The van der Waals surface area contributed by atoms with Crippen molar-refractivity contribution in [3.8, 4) is 0 Å². The van der Waals surface area contributed by atoms with Gasteiger partial charge in [-0.15, -0.1) is 0 Å². The number of benzene rings is 1. The lowest BCUT2D eigenvalue weighted by Crippen LogP contribution is -2.43. The summed E-state index contributed by atoms with van der Waals surface area (Å²) >= 11 is 0. The summed E-state index contributed by atoms with van der Waals surface area (Å²) in [6, 6.07) is 9.55. The largest absolute Gasteiger partial charge is 0.512 e. The molecule has 2 aliphatic rings. The minimum atomic E-state index is -0.912. The lowest BCUT2D eigenvalue weighted by molar-refractivity contribution is -0.140. The number of aliphatic hydroxyl groups is 1. The molecule has 1 fully saturated rings. The molecule has 3 rings (SSSR count). The van der Waals surface area contributed by atoms with Crippen LogP contribution < -0.4 is 0 Å². The second kappa shape index (κ2) is 7.74. The summed E-state index contributed by atoms with van der Waals surface area (Å²) in [6.07, 6.45) is 4.85. The first-order valence-corrected chi connectivity index (χ1v) is 10.2. The number of hydrogen-bond donors (Lipinski definition) is 1. The minimum Gasteiger partial charge on any atom is -0.512 e. The van der Waals surface area contributed by atoms with Crippen LogP contribution in [0.25, 0.3) is 6.08 Å². The molecule has 1 unspecified atom stereocenters. The summed E-state index contributed by atoms with van der Waals surface area (Å²) < 4.78 is 0. The van der Waals surface area contributed by atoms with Gasteiger partial charge in [0, 0.05) is 37.2 Å². The predicted octanol–water partition coefficient (Wildman–Crippen LogP) is 5.09. The van der Waals surface area contributed by atoms with Crippen LogP contribution in [0.3, 0.4) is 0 Å². The zero-order chi connectivity index (χ0) is 21.4. The lowest BCUT2D eigenvalue weighted by Gasteiger charge is -2.37. The molecule has 29 heavy (non-hydrogen) atoms. The van der Waals surface area contributed by atoms with Crippen LogP contribution in [0.15, 0.2) is 47.7 Å². The van der Waals surface area contributed by atoms with Crippen LogP contribution in [-0.2, 0) is 14.4 Å². The fraction of sp³-hybridized carbons (Fsp3) is 0.480. The van der Waals surface area contributed by atoms with Gasteiger partial charge in [-0.1, -0.05) is 70.2 Å². The number of Topliss-reactive ketones (excluding diaryl/α,β-unsaturated/α-hetero) is 3. The van der Waals surface area contributed by atoms with Crippen molar-refractivity contribution in [2.45, 2.75) is 53.4 Å². The van der Waals surface area contributed by atoms with Crippen molar-refractivity contribution in [3.05, 3.63) is 53.3 Å². The highest BCUT2D eigenvalue weighted by atomic mass is 16.3. The molecule has 4 heteroatoms. The maximum absolute atomic E-state index is 13.0. The molecule has 0 aliphatic heterocycles. The Morgan fingerprint density at radius 1 is 0.897 bits per heavy atom. The predicted molar refractivity (Wildman–Crippen MR) is 113 cm³/mol. The number of aliphatic hydroxyl groups excluding tert-OH is 1. The van der Waals surface area contributed by atoms with Gasteiger partial charge in [0.2, 0.25) is 0 Å². The highest BCUT2D eigenvalue weighted by molar-refractivity contribution is 6.08. The van der Waals surface area contributed by atoms with E-state index in [1.807, 2.05) is 64.1 Å². The van der Waals surface area contributed by atoms with E-state index in [0.29, 0.717) is 25.7 Å². The topological polar surface area (TPSA) is 71.4 Å². The van der Waals surface area contributed by atoms with Crippen LogP contribution in [0.2, 0.25) is 0 Å². The average molecular weight is 395 g/mol. The molecule has 1 aromatic rings. The van der Waals surface area contributed by atoms with Crippen LogP contribution in [0, 0.1) is 22.7 Å². The molecule has 0 spiro atoms. The molecule has 0 aromatic heterocycles. The highest BCUT2D eigenvalue weighted by Crippen LogP contribution is 2.44. The average Bonchev–Trinajstić information content (AvgIpc) is 2.56.